The van der Waals surface area contributed by atoms with Gasteiger partial charge in [0.05, 0.1) is 6.42 Å². The number of carboxylic acids is 1. The average Bonchev–Trinajstić information content (AvgIpc) is 2.36. The molecule has 2 rings (SSSR count). The van der Waals surface area contributed by atoms with Gasteiger partial charge >= 0.3 is 5.97 Å². The highest BCUT2D eigenvalue weighted by Gasteiger charge is 2.02. The van der Waals surface area contributed by atoms with E-state index < -0.39 is 5.97 Å². The van der Waals surface area contributed by atoms with Crippen LogP contribution in [0.2, 0.25) is 0 Å². The Balaban J connectivity index is 2.01. The van der Waals surface area contributed by atoms with Crippen LogP contribution in [-0.2, 0) is 17.8 Å². The van der Waals surface area contributed by atoms with Crippen LogP contribution in [0.1, 0.15) is 16.7 Å². The first-order valence-corrected chi connectivity index (χ1v) is 5.97. The molecule has 0 aliphatic carbocycles. The summed E-state index contributed by atoms with van der Waals surface area (Å²) in [5.74, 6) is -0.180. The van der Waals surface area contributed by atoms with Crippen LogP contribution in [0.5, 0.6) is 5.75 Å². The lowest BCUT2D eigenvalue weighted by Crippen LogP contribution is -2.01. The summed E-state index contributed by atoms with van der Waals surface area (Å²) in [6.45, 7) is 2.40. The van der Waals surface area contributed by atoms with E-state index in [4.69, 9.17) is 9.84 Å². The molecule has 0 aliphatic heterocycles. The summed E-state index contributed by atoms with van der Waals surface area (Å²) in [4.78, 5) is 14.7. The number of pyridine rings is 1. The van der Waals surface area contributed by atoms with Gasteiger partial charge in [0.15, 0.2) is 0 Å². The SMILES string of the molecule is Cc1cncc(COc2cccc(CC(=O)O)c2)c1. The van der Waals surface area contributed by atoms with Crippen molar-refractivity contribution in [3.05, 3.63) is 59.4 Å². The summed E-state index contributed by atoms with van der Waals surface area (Å²) in [6.07, 6.45) is 3.55. The zero-order valence-electron chi connectivity index (χ0n) is 10.7. The van der Waals surface area contributed by atoms with Crippen molar-refractivity contribution in [3.8, 4) is 5.75 Å². The Labute approximate surface area is 111 Å². The second kappa shape index (κ2) is 6.00. The maximum absolute atomic E-state index is 10.6. The highest BCUT2D eigenvalue weighted by atomic mass is 16.5. The van der Waals surface area contributed by atoms with Gasteiger partial charge in [-0.15, -0.1) is 0 Å². The Morgan fingerprint density at radius 1 is 1.26 bits per heavy atom. The molecule has 0 bridgehead atoms. The Hall–Kier alpha value is -2.36. The molecule has 0 unspecified atom stereocenters. The standard InChI is InChI=1S/C15H15NO3/c1-11-5-13(9-16-8-11)10-19-14-4-2-3-12(6-14)7-15(17)18/h2-6,8-9H,7,10H2,1H3,(H,17,18). The summed E-state index contributed by atoms with van der Waals surface area (Å²) in [5, 5.41) is 8.75. The van der Waals surface area contributed by atoms with Crippen molar-refractivity contribution in [1.29, 1.82) is 0 Å². The fourth-order valence-electron chi connectivity index (χ4n) is 1.78. The highest BCUT2D eigenvalue weighted by molar-refractivity contribution is 5.70. The van der Waals surface area contributed by atoms with E-state index >= 15 is 0 Å². The van der Waals surface area contributed by atoms with Crippen LogP contribution in [0.3, 0.4) is 0 Å². The second-order valence-electron chi connectivity index (χ2n) is 4.38. The summed E-state index contributed by atoms with van der Waals surface area (Å²) < 4.78 is 5.64. The van der Waals surface area contributed by atoms with E-state index in [-0.39, 0.29) is 6.42 Å². The van der Waals surface area contributed by atoms with Crippen molar-refractivity contribution in [2.45, 2.75) is 20.0 Å². The van der Waals surface area contributed by atoms with E-state index in [1.807, 2.05) is 19.1 Å². The van der Waals surface area contributed by atoms with Crippen LogP contribution in [0.15, 0.2) is 42.7 Å². The fourth-order valence-corrected chi connectivity index (χ4v) is 1.78. The van der Waals surface area contributed by atoms with Crippen LogP contribution in [0, 0.1) is 6.92 Å². The van der Waals surface area contributed by atoms with Gasteiger partial charge < -0.3 is 9.84 Å². The summed E-state index contributed by atoms with van der Waals surface area (Å²) >= 11 is 0. The van der Waals surface area contributed by atoms with E-state index in [0.717, 1.165) is 16.7 Å². The third kappa shape index (κ3) is 4.10. The lowest BCUT2D eigenvalue weighted by Gasteiger charge is -2.07. The number of rotatable bonds is 5. The molecule has 0 saturated carbocycles. The molecule has 1 aromatic carbocycles. The largest absolute Gasteiger partial charge is 0.489 e. The molecule has 0 aliphatic rings. The normalized spacial score (nSPS) is 10.2. The van der Waals surface area contributed by atoms with Gasteiger partial charge in [-0.3, -0.25) is 9.78 Å². The molecule has 19 heavy (non-hydrogen) atoms. The van der Waals surface area contributed by atoms with Gasteiger partial charge in [-0.2, -0.15) is 0 Å². The zero-order chi connectivity index (χ0) is 13.7. The van der Waals surface area contributed by atoms with Gasteiger partial charge in [0, 0.05) is 18.0 Å². The first kappa shape index (κ1) is 13.1. The molecule has 98 valence electrons. The highest BCUT2D eigenvalue weighted by Crippen LogP contribution is 2.15. The van der Waals surface area contributed by atoms with Gasteiger partial charge in [-0.25, -0.2) is 0 Å². The maximum atomic E-state index is 10.6. The van der Waals surface area contributed by atoms with Crippen molar-refractivity contribution in [2.24, 2.45) is 0 Å². The van der Waals surface area contributed by atoms with Crippen molar-refractivity contribution < 1.29 is 14.6 Å². The molecule has 0 fully saturated rings. The number of hydrogen-bond donors (Lipinski definition) is 1. The van der Waals surface area contributed by atoms with Crippen LogP contribution in [0.25, 0.3) is 0 Å². The van der Waals surface area contributed by atoms with E-state index in [1.54, 1.807) is 30.6 Å². The van der Waals surface area contributed by atoms with E-state index in [0.29, 0.717) is 12.4 Å². The molecule has 0 saturated heterocycles. The minimum atomic E-state index is -0.847. The van der Waals surface area contributed by atoms with Crippen molar-refractivity contribution in [1.82, 2.24) is 4.98 Å². The minimum Gasteiger partial charge on any atom is -0.489 e. The van der Waals surface area contributed by atoms with Gasteiger partial charge in [-0.05, 0) is 36.2 Å². The summed E-state index contributed by atoms with van der Waals surface area (Å²) in [7, 11) is 0. The molecule has 1 N–H and O–H groups in total. The molecule has 0 radical (unpaired) electrons. The number of aryl methyl sites for hydroxylation is 1. The lowest BCUT2D eigenvalue weighted by molar-refractivity contribution is -0.136. The fraction of sp³-hybridized carbons (Fsp3) is 0.200. The van der Waals surface area contributed by atoms with Gasteiger partial charge in [-0.1, -0.05) is 12.1 Å². The third-order valence-corrected chi connectivity index (χ3v) is 2.59. The van der Waals surface area contributed by atoms with Crippen molar-refractivity contribution in [3.63, 3.8) is 0 Å². The smallest absolute Gasteiger partial charge is 0.307 e. The number of nitrogens with zero attached hydrogens (tertiary/aromatic N) is 1. The number of hydrogen-bond acceptors (Lipinski definition) is 3. The average molecular weight is 257 g/mol. The molecule has 1 heterocycles. The molecule has 0 amide bonds. The molecule has 1 aromatic heterocycles. The molecule has 0 atom stereocenters. The first-order chi connectivity index (χ1) is 9.13. The minimum absolute atomic E-state index is 0.00318. The van der Waals surface area contributed by atoms with Crippen molar-refractivity contribution in [2.75, 3.05) is 0 Å². The molecule has 0 spiro atoms. The predicted molar refractivity (Wildman–Crippen MR) is 71.1 cm³/mol. The second-order valence-corrected chi connectivity index (χ2v) is 4.38. The number of carboxylic acid groups (broad SMARTS) is 1. The molecular weight excluding hydrogens is 242 g/mol. The molecular formula is C15H15NO3. The molecule has 2 aromatic rings. The first-order valence-electron chi connectivity index (χ1n) is 5.97. The van der Waals surface area contributed by atoms with Crippen LogP contribution in [-0.4, -0.2) is 16.1 Å². The van der Waals surface area contributed by atoms with E-state index in [1.165, 1.54) is 0 Å². The van der Waals surface area contributed by atoms with E-state index in [9.17, 15) is 4.79 Å². The number of aliphatic carboxylic acids is 1. The van der Waals surface area contributed by atoms with Gasteiger partial charge in [0.2, 0.25) is 0 Å². The Morgan fingerprint density at radius 3 is 2.84 bits per heavy atom. The van der Waals surface area contributed by atoms with Crippen LogP contribution >= 0.6 is 0 Å². The monoisotopic (exact) mass is 257 g/mol. The Kier molecular flexibility index (Phi) is 4.13. The Bertz CT molecular complexity index is 581. The number of aromatic nitrogens is 1. The zero-order valence-corrected chi connectivity index (χ0v) is 10.7. The molecule has 4 nitrogen and oxygen atoms in total. The lowest BCUT2D eigenvalue weighted by atomic mass is 10.1. The van der Waals surface area contributed by atoms with Gasteiger partial charge in [0.1, 0.15) is 12.4 Å². The van der Waals surface area contributed by atoms with Crippen molar-refractivity contribution >= 4 is 5.97 Å². The summed E-state index contributed by atoms with van der Waals surface area (Å²) in [6, 6.07) is 9.14. The quantitative estimate of drug-likeness (QED) is 0.894. The van der Waals surface area contributed by atoms with Crippen LogP contribution in [0.4, 0.5) is 0 Å². The van der Waals surface area contributed by atoms with Crippen LogP contribution < -0.4 is 4.74 Å². The summed E-state index contributed by atoms with van der Waals surface area (Å²) in [5.41, 5.74) is 2.80. The van der Waals surface area contributed by atoms with Gasteiger partial charge in [0.25, 0.3) is 0 Å². The number of ether oxygens (including phenoxy) is 1. The maximum Gasteiger partial charge on any atom is 0.307 e. The topological polar surface area (TPSA) is 59.4 Å². The number of carbonyl (C=O) groups is 1. The van der Waals surface area contributed by atoms with E-state index in [2.05, 4.69) is 4.98 Å². The third-order valence-electron chi connectivity index (χ3n) is 2.59. The predicted octanol–water partition coefficient (Wildman–Crippen LogP) is 2.60. The molecule has 4 heteroatoms. The Morgan fingerprint density at radius 2 is 2.11 bits per heavy atom. The number of benzene rings is 1.